The lowest BCUT2D eigenvalue weighted by Gasteiger charge is -2.03. The SMILES string of the molecule is COc1ccc(NN=Cc2cccc(Br)c2O)cc1. The molecule has 0 aliphatic rings. The molecule has 2 aromatic rings. The van der Waals surface area contributed by atoms with Crippen LogP contribution in [-0.4, -0.2) is 18.4 Å². The van der Waals surface area contributed by atoms with Crippen LogP contribution in [-0.2, 0) is 0 Å². The molecular formula is C14H13BrN2O2. The fourth-order valence-electron chi connectivity index (χ4n) is 1.48. The second-order valence-electron chi connectivity index (χ2n) is 3.78. The molecule has 98 valence electrons. The molecule has 0 saturated heterocycles. The van der Waals surface area contributed by atoms with Crippen LogP contribution in [0.1, 0.15) is 5.56 Å². The summed E-state index contributed by atoms with van der Waals surface area (Å²) < 4.78 is 5.71. The number of benzene rings is 2. The zero-order chi connectivity index (χ0) is 13.7. The highest BCUT2D eigenvalue weighted by Crippen LogP contribution is 2.26. The van der Waals surface area contributed by atoms with Gasteiger partial charge in [0.15, 0.2) is 0 Å². The molecule has 0 saturated carbocycles. The second-order valence-corrected chi connectivity index (χ2v) is 4.63. The van der Waals surface area contributed by atoms with Crippen LogP contribution >= 0.6 is 15.9 Å². The van der Waals surface area contributed by atoms with Crippen molar-refractivity contribution in [2.75, 3.05) is 12.5 Å². The minimum absolute atomic E-state index is 0.169. The monoisotopic (exact) mass is 320 g/mol. The third-order valence-corrected chi connectivity index (χ3v) is 3.15. The van der Waals surface area contributed by atoms with E-state index < -0.39 is 0 Å². The molecular weight excluding hydrogens is 308 g/mol. The van der Waals surface area contributed by atoms with Crippen LogP contribution in [0.3, 0.4) is 0 Å². The Hall–Kier alpha value is -2.01. The maximum atomic E-state index is 9.78. The molecule has 0 radical (unpaired) electrons. The van der Waals surface area contributed by atoms with Gasteiger partial charge in [-0.05, 0) is 52.3 Å². The first-order valence-electron chi connectivity index (χ1n) is 5.61. The number of phenolic OH excluding ortho intramolecular Hbond substituents is 1. The maximum absolute atomic E-state index is 9.78. The van der Waals surface area contributed by atoms with E-state index in [1.165, 1.54) is 0 Å². The molecule has 4 nitrogen and oxygen atoms in total. The van der Waals surface area contributed by atoms with Crippen molar-refractivity contribution in [3.8, 4) is 11.5 Å². The fraction of sp³-hybridized carbons (Fsp3) is 0.0714. The molecule has 5 heteroatoms. The Kier molecular flexibility index (Phi) is 4.41. The van der Waals surface area contributed by atoms with Crippen molar-refractivity contribution in [2.24, 2.45) is 5.10 Å². The van der Waals surface area contributed by atoms with Gasteiger partial charge in [0.05, 0.1) is 23.5 Å². The normalized spacial score (nSPS) is 10.6. The summed E-state index contributed by atoms with van der Waals surface area (Å²) in [5.41, 5.74) is 4.35. The number of aromatic hydroxyl groups is 1. The number of halogens is 1. The largest absolute Gasteiger partial charge is 0.506 e. The predicted molar refractivity (Wildman–Crippen MR) is 80.0 cm³/mol. The van der Waals surface area contributed by atoms with Crippen LogP contribution in [0.4, 0.5) is 5.69 Å². The number of para-hydroxylation sites is 1. The number of ether oxygens (including phenoxy) is 1. The first-order chi connectivity index (χ1) is 9.20. The van der Waals surface area contributed by atoms with Gasteiger partial charge in [0, 0.05) is 5.56 Å². The molecule has 0 aliphatic heterocycles. The maximum Gasteiger partial charge on any atom is 0.138 e. The molecule has 0 spiro atoms. The van der Waals surface area contributed by atoms with Gasteiger partial charge in [-0.1, -0.05) is 6.07 Å². The van der Waals surface area contributed by atoms with Crippen molar-refractivity contribution in [3.05, 3.63) is 52.5 Å². The Labute approximate surface area is 119 Å². The Balaban J connectivity index is 2.04. The molecule has 0 unspecified atom stereocenters. The third-order valence-electron chi connectivity index (χ3n) is 2.51. The van der Waals surface area contributed by atoms with Crippen molar-refractivity contribution in [3.63, 3.8) is 0 Å². The van der Waals surface area contributed by atoms with E-state index in [9.17, 15) is 5.11 Å². The average Bonchev–Trinajstić information content (AvgIpc) is 2.44. The summed E-state index contributed by atoms with van der Waals surface area (Å²) in [6, 6.07) is 12.8. The molecule has 0 bridgehead atoms. The van der Waals surface area contributed by atoms with Gasteiger partial charge in [-0.2, -0.15) is 5.10 Å². The van der Waals surface area contributed by atoms with E-state index >= 15 is 0 Å². The quantitative estimate of drug-likeness (QED) is 0.668. The van der Waals surface area contributed by atoms with E-state index in [1.54, 1.807) is 25.5 Å². The summed E-state index contributed by atoms with van der Waals surface area (Å²) in [4.78, 5) is 0. The zero-order valence-electron chi connectivity index (χ0n) is 10.3. The number of nitrogens with one attached hydrogen (secondary N) is 1. The van der Waals surface area contributed by atoms with Crippen LogP contribution < -0.4 is 10.2 Å². The highest BCUT2D eigenvalue weighted by atomic mass is 79.9. The lowest BCUT2D eigenvalue weighted by atomic mass is 10.2. The number of hydrazone groups is 1. The lowest BCUT2D eigenvalue weighted by molar-refractivity contribution is 0.415. The predicted octanol–water partition coefficient (Wildman–Crippen LogP) is 3.61. The van der Waals surface area contributed by atoms with Crippen LogP contribution in [0.5, 0.6) is 11.5 Å². The molecule has 0 heterocycles. The molecule has 2 rings (SSSR count). The van der Waals surface area contributed by atoms with Crippen molar-refractivity contribution in [2.45, 2.75) is 0 Å². The van der Waals surface area contributed by atoms with Gasteiger partial charge in [-0.15, -0.1) is 0 Å². The number of hydrogen-bond donors (Lipinski definition) is 2. The van der Waals surface area contributed by atoms with E-state index in [1.807, 2.05) is 30.3 Å². The van der Waals surface area contributed by atoms with Crippen LogP contribution in [0.25, 0.3) is 0 Å². The molecule has 2 N–H and O–H groups in total. The van der Waals surface area contributed by atoms with E-state index in [2.05, 4.69) is 26.5 Å². The first kappa shape index (κ1) is 13.4. The Bertz CT molecular complexity index is 582. The lowest BCUT2D eigenvalue weighted by Crippen LogP contribution is -1.91. The topological polar surface area (TPSA) is 53.8 Å². The van der Waals surface area contributed by atoms with Gasteiger partial charge in [-0.3, -0.25) is 5.43 Å². The van der Waals surface area contributed by atoms with Crippen molar-refractivity contribution in [1.82, 2.24) is 0 Å². The van der Waals surface area contributed by atoms with Crippen LogP contribution in [0.2, 0.25) is 0 Å². The molecule has 2 aromatic carbocycles. The number of methoxy groups -OCH3 is 1. The van der Waals surface area contributed by atoms with Gasteiger partial charge in [-0.25, -0.2) is 0 Å². The average molecular weight is 321 g/mol. The number of anilines is 1. The van der Waals surface area contributed by atoms with Gasteiger partial charge >= 0.3 is 0 Å². The second kappa shape index (κ2) is 6.24. The standard InChI is InChI=1S/C14H13BrN2O2/c1-19-12-7-5-11(6-8-12)17-16-9-10-3-2-4-13(15)14(10)18/h2-9,17-18H,1H3. The summed E-state index contributed by atoms with van der Waals surface area (Å²) in [7, 11) is 1.62. The Morgan fingerprint density at radius 1 is 1.21 bits per heavy atom. The van der Waals surface area contributed by atoms with Gasteiger partial charge in [0.2, 0.25) is 0 Å². The van der Waals surface area contributed by atoms with Crippen LogP contribution in [0.15, 0.2) is 52.0 Å². The highest BCUT2D eigenvalue weighted by molar-refractivity contribution is 9.10. The van der Waals surface area contributed by atoms with Crippen molar-refractivity contribution < 1.29 is 9.84 Å². The van der Waals surface area contributed by atoms with Gasteiger partial charge < -0.3 is 9.84 Å². The number of hydrogen-bond acceptors (Lipinski definition) is 4. The summed E-state index contributed by atoms with van der Waals surface area (Å²) >= 11 is 3.25. The van der Waals surface area contributed by atoms with E-state index in [-0.39, 0.29) is 5.75 Å². The number of nitrogens with zero attached hydrogens (tertiary/aromatic N) is 1. The number of rotatable bonds is 4. The van der Waals surface area contributed by atoms with Crippen LogP contribution in [0, 0.1) is 0 Å². The molecule has 0 aliphatic carbocycles. The minimum Gasteiger partial charge on any atom is -0.506 e. The summed E-state index contributed by atoms with van der Waals surface area (Å²) in [6.07, 6.45) is 1.56. The smallest absolute Gasteiger partial charge is 0.138 e. The molecule has 0 fully saturated rings. The molecule has 0 atom stereocenters. The summed E-state index contributed by atoms with van der Waals surface area (Å²) in [5.74, 6) is 0.960. The highest BCUT2D eigenvalue weighted by Gasteiger charge is 2.01. The Morgan fingerprint density at radius 2 is 1.95 bits per heavy atom. The third kappa shape index (κ3) is 3.48. The molecule has 0 amide bonds. The van der Waals surface area contributed by atoms with Gasteiger partial charge in [0.25, 0.3) is 0 Å². The first-order valence-corrected chi connectivity index (χ1v) is 6.40. The summed E-state index contributed by atoms with van der Waals surface area (Å²) in [6.45, 7) is 0. The van der Waals surface area contributed by atoms with E-state index in [0.717, 1.165) is 11.4 Å². The van der Waals surface area contributed by atoms with E-state index in [0.29, 0.717) is 10.0 Å². The van der Waals surface area contributed by atoms with Crippen molar-refractivity contribution >= 4 is 27.8 Å². The fourth-order valence-corrected chi connectivity index (χ4v) is 1.86. The molecule has 0 aromatic heterocycles. The Morgan fingerprint density at radius 3 is 2.63 bits per heavy atom. The van der Waals surface area contributed by atoms with Crippen molar-refractivity contribution in [1.29, 1.82) is 0 Å². The molecule has 19 heavy (non-hydrogen) atoms. The van der Waals surface area contributed by atoms with Gasteiger partial charge in [0.1, 0.15) is 11.5 Å². The summed E-state index contributed by atoms with van der Waals surface area (Å²) in [5, 5.41) is 13.9. The minimum atomic E-state index is 0.169. The number of phenols is 1. The zero-order valence-corrected chi connectivity index (χ0v) is 11.9. The van der Waals surface area contributed by atoms with E-state index in [4.69, 9.17) is 4.74 Å².